The third-order valence-electron chi connectivity index (χ3n) is 4.85. The van der Waals surface area contributed by atoms with E-state index in [-0.39, 0.29) is 0 Å². The molecule has 0 aliphatic rings. The van der Waals surface area contributed by atoms with Gasteiger partial charge in [0.1, 0.15) is 18.1 Å². The highest BCUT2D eigenvalue weighted by atomic mass is 16.5. The van der Waals surface area contributed by atoms with Crippen LogP contribution in [0.25, 0.3) is 11.5 Å². The van der Waals surface area contributed by atoms with Gasteiger partial charge in [-0.2, -0.15) is 5.10 Å². The lowest BCUT2D eigenvalue weighted by Crippen LogP contribution is -2.12. The number of hydrogen-bond donors (Lipinski definition) is 0. The molecule has 160 valence electrons. The summed E-state index contributed by atoms with van der Waals surface area (Å²) in [6.07, 6.45) is 10.8. The van der Waals surface area contributed by atoms with Crippen LogP contribution in [0.15, 0.2) is 61.8 Å². The lowest BCUT2D eigenvalue weighted by Gasteiger charge is -2.09. The zero-order valence-electron chi connectivity index (χ0n) is 17.6. The van der Waals surface area contributed by atoms with Crippen molar-refractivity contribution >= 4 is 0 Å². The summed E-state index contributed by atoms with van der Waals surface area (Å²) in [6, 6.07) is 7.98. The summed E-state index contributed by atoms with van der Waals surface area (Å²) in [4.78, 5) is 8.82. The topological polar surface area (TPSA) is 88.5 Å². The van der Waals surface area contributed by atoms with Crippen LogP contribution < -0.4 is 4.74 Å². The van der Waals surface area contributed by atoms with Gasteiger partial charge >= 0.3 is 0 Å². The minimum atomic E-state index is 0.479. The molecule has 31 heavy (non-hydrogen) atoms. The van der Waals surface area contributed by atoms with Gasteiger partial charge in [0.25, 0.3) is 0 Å². The van der Waals surface area contributed by atoms with E-state index >= 15 is 0 Å². The molecule has 0 aliphatic carbocycles. The molecule has 1 aromatic carbocycles. The van der Waals surface area contributed by atoms with E-state index in [0.717, 1.165) is 36.6 Å². The van der Waals surface area contributed by atoms with Crippen molar-refractivity contribution in [3.8, 4) is 17.3 Å². The third-order valence-corrected chi connectivity index (χ3v) is 4.85. The molecule has 0 amide bonds. The van der Waals surface area contributed by atoms with Crippen LogP contribution in [0.1, 0.15) is 17.8 Å². The van der Waals surface area contributed by atoms with Crippen molar-refractivity contribution in [1.29, 1.82) is 0 Å². The number of hydrogen-bond acceptors (Lipinski definition) is 6. The van der Waals surface area contributed by atoms with Crippen molar-refractivity contribution in [2.75, 3.05) is 6.61 Å². The van der Waals surface area contributed by atoms with Crippen LogP contribution >= 0.6 is 0 Å². The lowest BCUT2D eigenvalue weighted by atomic mass is 10.2. The van der Waals surface area contributed by atoms with Gasteiger partial charge in [-0.3, -0.25) is 4.68 Å². The standard InChI is InChI=1S/C22H26N8O/c1-3-4-11-29-16-19(25-27-29)22-24-21(9-12-28-13-10-23-17-28)26-30(22)14-15-31-20-8-6-5-7-18(20)2/h3,5-8,10,13,16-17H,1,4,9,11-12,14-15H2,2H3. The molecule has 3 aromatic heterocycles. The van der Waals surface area contributed by atoms with Gasteiger partial charge in [0.15, 0.2) is 11.6 Å². The second kappa shape index (κ2) is 9.84. The molecule has 0 saturated heterocycles. The molecule has 4 rings (SSSR count). The van der Waals surface area contributed by atoms with E-state index in [2.05, 4.69) is 21.9 Å². The molecule has 0 atom stereocenters. The predicted octanol–water partition coefficient (Wildman–Crippen LogP) is 2.94. The van der Waals surface area contributed by atoms with E-state index in [1.165, 1.54) is 0 Å². The van der Waals surface area contributed by atoms with Crippen LogP contribution in [0.3, 0.4) is 0 Å². The fourth-order valence-corrected chi connectivity index (χ4v) is 3.18. The van der Waals surface area contributed by atoms with Crippen molar-refractivity contribution in [2.24, 2.45) is 0 Å². The number of aryl methyl sites for hydroxylation is 4. The molecule has 0 unspecified atom stereocenters. The minimum absolute atomic E-state index is 0.479. The average Bonchev–Trinajstić information content (AvgIpc) is 3.53. The van der Waals surface area contributed by atoms with Crippen LogP contribution in [-0.2, 0) is 26.1 Å². The second-order valence-corrected chi connectivity index (χ2v) is 7.18. The summed E-state index contributed by atoms with van der Waals surface area (Å²) in [5.74, 6) is 2.32. The van der Waals surface area contributed by atoms with Crippen LogP contribution in [0.5, 0.6) is 5.75 Å². The summed E-state index contributed by atoms with van der Waals surface area (Å²) in [5.41, 5.74) is 1.80. The van der Waals surface area contributed by atoms with Crippen molar-refractivity contribution < 1.29 is 4.74 Å². The Morgan fingerprint density at radius 3 is 2.87 bits per heavy atom. The smallest absolute Gasteiger partial charge is 0.180 e. The van der Waals surface area contributed by atoms with Gasteiger partial charge in [-0.15, -0.1) is 11.7 Å². The zero-order chi connectivity index (χ0) is 21.5. The maximum absolute atomic E-state index is 5.96. The van der Waals surface area contributed by atoms with Crippen LogP contribution in [0, 0.1) is 6.92 Å². The number of aromatic nitrogens is 8. The molecule has 0 bridgehead atoms. The molecule has 9 heteroatoms. The normalized spacial score (nSPS) is 11.0. The fraction of sp³-hybridized carbons (Fsp3) is 0.318. The number of allylic oxidation sites excluding steroid dienone is 1. The summed E-state index contributed by atoms with van der Waals surface area (Å²) in [7, 11) is 0. The van der Waals surface area contributed by atoms with Crippen molar-refractivity contribution in [3.05, 3.63) is 73.2 Å². The van der Waals surface area contributed by atoms with E-state index < -0.39 is 0 Å². The van der Waals surface area contributed by atoms with Gasteiger partial charge < -0.3 is 9.30 Å². The summed E-state index contributed by atoms with van der Waals surface area (Å²) < 4.78 is 11.6. The van der Waals surface area contributed by atoms with Gasteiger partial charge in [-0.25, -0.2) is 14.6 Å². The highest BCUT2D eigenvalue weighted by Gasteiger charge is 2.16. The predicted molar refractivity (Wildman–Crippen MR) is 116 cm³/mol. The van der Waals surface area contributed by atoms with Gasteiger partial charge in [0.2, 0.25) is 0 Å². The molecular formula is C22H26N8O. The van der Waals surface area contributed by atoms with Gasteiger partial charge in [0.05, 0.1) is 19.1 Å². The monoisotopic (exact) mass is 418 g/mol. The second-order valence-electron chi connectivity index (χ2n) is 7.18. The number of imidazole rings is 1. The Labute approximate surface area is 181 Å². The third kappa shape index (κ3) is 5.25. The lowest BCUT2D eigenvalue weighted by molar-refractivity contribution is 0.290. The van der Waals surface area contributed by atoms with Crippen molar-refractivity contribution in [3.63, 3.8) is 0 Å². The Hall–Kier alpha value is -3.75. The molecule has 0 aliphatic heterocycles. The number of rotatable bonds is 11. The summed E-state index contributed by atoms with van der Waals surface area (Å²) >= 11 is 0. The first kappa shape index (κ1) is 20.5. The molecule has 0 fully saturated rings. The zero-order valence-corrected chi connectivity index (χ0v) is 17.6. The van der Waals surface area contributed by atoms with Gasteiger partial charge in [0, 0.05) is 31.9 Å². The van der Waals surface area contributed by atoms with Crippen molar-refractivity contribution in [2.45, 2.75) is 39.4 Å². The molecule has 0 N–H and O–H groups in total. The van der Waals surface area contributed by atoms with E-state index in [1.807, 2.05) is 58.9 Å². The Balaban J connectivity index is 1.50. The summed E-state index contributed by atoms with van der Waals surface area (Å²) in [5, 5.41) is 13.2. The Kier molecular flexibility index (Phi) is 6.51. The van der Waals surface area contributed by atoms with E-state index in [1.54, 1.807) is 17.2 Å². The van der Waals surface area contributed by atoms with E-state index in [9.17, 15) is 0 Å². The number of nitrogens with zero attached hydrogens (tertiary/aromatic N) is 8. The van der Waals surface area contributed by atoms with Crippen LogP contribution in [0.2, 0.25) is 0 Å². The Bertz CT molecular complexity index is 1110. The Morgan fingerprint density at radius 2 is 2.06 bits per heavy atom. The number of ether oxygens (including phenoxy) is 1. The van der Waals surface area contributed by atoms with Crippen LogP contribution in [-0.4, -0.2) is 45.9 Å². The van der Waals surface area contributed by atoms with E-state index in [0.29, 0.717) is 31.1 Å². The average molecular weight is 419 g/mol. The summed E-state index contributed by atoms with van der Waals surface area (Å²) in [6.45, 7) is 8.32. The molecule has 0 spiro atoms. The maximum Gasteiger partial charge on any atom is 0.180 e. The highest BCUT2D eigenvalue weighted by molar-refractivity contribution is 5.47. The number of para-hydroxylation sites is 1. The highest BCUT2D eigenvalue weighted by Crippen LogP contribution is 2.18. The van der Waals surface area contributed by atoms with Crippen molar-refractivity contribution in [1.82, 2.24) is 39.3 Å². The van der Waals surface area contributed by atoms with Gasteiger partial charge in [-0.05, 0) is 25.0 Å². The first-order chi connectivity index (χ1) is 15.2. The van der Waals surface area contributed by atoms with Gasteiger partial charge in [-0.1, -0.05) is 29.5 Å². The quantitative estimate of drug-likeness (QED) is 0.348. The molecule has 3 heterocycles. The Morgan fingerprint density at radius 1 is 1.16 bits per heavy atom. The van der Waals surface area contributed by atoms with E-state index in [4.69, 9.17) is 14.8 Å². The molecule has 0 radical (unpaired) electrons. The fourth-order valence-electron chi connectivity index (χ4n) is 3.18. The first-order valence-electron chi connectivity index (χ1n) is 10.3. The molecular weight excluding hydrogens is 392 g/mol. The van der Waals surface area contributed by atoms with Crippen LogP contribution in [0.4, 0.5) is 0 Å². The number of benzene rings is 1. The maximum atomic E-state index is 5.96. The molecule has 4 aromatic rings. The SMILES string of the molecule is C=CCCn1cc(-c2nc(CCn3ccnc3)nn2CCOc2ccccc2C)nn1. The first-order valence-corrected chi connectivity index (χ1v) is 10.3. The molecule has 0 saturated carbocycles. The minimum Gasteiger partial charge on any atom is -0.491 e. The molecule has 9 nitrogen and oxygen atoms in total. The largest absolute Gasteiger partial charge is 0.491 e.